The molecule has 0 N–H and O–H groups in total. The molecule has 1 rings (SSSR count). The van der Waals surface area contributed by atoms with Gasteiger partial charge in [0.05, 0.1) is 0 Å². The van der Waals surface area contributed by atoms with Gasteiger partial charge in [-0.15, -0.1) is 0 Å². The van der Waals surface area contributed by atoms with E-state index >= 15 is 0 Å². The van der Waals surface area contributed by atoms with E-state index in [2.05, 4.69) is 0 Å². The van der Waals surface area contributed by atoms with E-state index in [1.165, 1.54) is 5.56 Å². The van der Waals surface area contributed by atoms with Crippen LogP contribution in [0, 0.1) is 6.92 Å². The van der Waals surface area contributed by atoms with Crippen molar-refractivity contribution in [3.8, 4) is 5.75 Å². The Kier molecular flexibility index (Phi) is 7.08. The summed E-state index contributed by atoms with van der Waals surface area (Å²) in [6.07, 6.45) is 0.339. The topological polar surface area (TPSA) is 36.9 Å². The van der Waals surface area contributed by atoms with Crippen molar-refractivity contribution in [1.29, 1.82) is 0 Å². The fourth-order valence-corrected chi connectivity index (χ4v) is 3.88. The summed E-state index contributed by atoms with van der Waals surface area (Å²) in [4.78, 5) is 0. The molecule has 4 nitrogen and oxygen atoms in total. The monoisotopic (exact) mass is 284 g/mol. The molecule has 0 atom stereocenters. The molecule has 1 aromatic carbocycles. The SMILES string of the molecule is CCO[Si](COc1ccc(C)cc1)(OCC)OCC. The Morgan fingerprint density at radius 3 is 1.74 bits per heavy atom. The summed E-state index contributed by atoms with van der Waals surface area (Å²) in [6.45, 7) is 9.53. The Morgan fingerprint density at radius 1 is 0.842 bits per heavy atom. The van der Waals surface area contributed by atoms with Crippen LogP contribution < -0.4 is 4.74 Å². The molecule has 0 aliphatic rings. The van der Waals surface area contributed by atoms with Gasteiger partial charge in [-0.05, 0) is 39.8 Å². The zero-order valence-corrected chi connectivity index (χ0v) is 13.3. The van der Waals surface area contributed by atoms with Crippen LogP contribution in [0.25, 0.3) is 0 Å². The Labute approximate surface area is 117 Å². The van der Waals surface area contributed by atoms with E-state index < -0.39 is 8.80 Å². The third kappa shape index (κ3) is 5.32. The van der Waals surface area contributed by atoms with Gasteiger partial charge in [0.2, 0.25) is 0 Å². The average molecular weight is 284 g/mol. The summed E-state index contributed by atoms with van der Waals surface area (Å²) in [5, 5.41) is 0. The van der Waals surface area contributed by atoms with Crippen LogP contribution in [0.3, 0.4) is 0 Å². The summed E-state index contributed by atoms with van der Waals surface area (Å²) < 4.78 is 22.9. The van der Waals surface area contributed by atoms with Crippen molar-refractivity contribution in [2.75, 3.05) is 26.1 Å². The van der Waals surface area contributed by atoms with E-state index in [1.807, 2.05) is 52.0 Å². The molecule has 0 saturated carbocycles. The second-order valence-corrected chi connectivity index (χ2v) is 6.60. The lowest BCUT2D eigenvalue weighted by Crippen LogP contribution is -2.51. The minimum absolute atomic E-state index is 0.339. The maximum absolute atomic E-state index is 5.77. The fourth-order valence-electron chi connectivity index (χ4n) is 1.72. The Morgan fingerprint density at radius 2 is 1.32 bits per heavy atom. The molecule has 0 fully saturated rings. The molecule has 1 aromatic rings. The summed E-state index contributed by atoms with van der Waals surface area (Å²) in [7, 11) is -2.71. The van der Waals surface area contributed by atoms with Gasteiger partial charge in [0.25, 0.3) is 0 Å². The van der Waals surface area contributed by atoms with Gasteiger partial charge in [-0.3, -0.25) is 0 Å². The third-order valence-corrected chi connectivity index (χ3v) is 5.21. The molecule has 0 radical (unpaired) electrons. The van der Waals surface area contributed by atoms with Crippen molar-refractivity contribution < 1.29 is 18.0 Å². The molecule has 0 aliphatic carbocycles. The molecule has 0 unspecified atom stereocenters. The maximum atomic E-state index is 5.77. The lowest BCUT2D eigenvalue weighted by molar-refractivity contribution is 0.0541. The number of hydrogen-bond acceptors (Lipinski definition) is 4. The Balaban J connectivity index is 2.67. The van der Waals surface area contributed by atoms with Crippen LogP contribution in [0.4, 0.5) is 0 Å². The van der Waals surface area contributed by atoms with Gasteiger partial charge in [0, 0.05) is 19.8 Å². The number of ether oxygens (including phenoxy) is 1. The van der Waals surface area contributed by atoms with Crippen LogP contribution in [-0.2, 0) is 13.3 Å². The van der Waals surface area contributed by atoms with Gasteiger partial charge in [0.1, 0.15) is 5.75 Å². The molecule has 5 heteroatoms. The first-order chi connectivity index (χ1) is 9.15. The number of hydrogen-bond donors (Lipinski definition) is 0. The van der Waals surface area contributed by atoms with E-state index in [1.54, 1.807) is 0 Å². The zero-order valence-electron chi connectivity index (χ0n) is 12.3. The molecule has 0 heterocycles. The molecule has 0 aromatic heterocycles. The molecule has 108 valence electrons. The normalized spacial score (nSPS) is 11.6. The van der Waals surface area contributed by atoms with E-state index in [-0.39, 0.29) is 0 Å². The fraction of sp³-hybridized carbons (Fsp3) is 0.571. The first-order valence-corrected chi connectivity index (χ1v) is 8.70. The van der Waals surface area contributed by atoms with Gasteiger partial charge in [-0.1, -0.05) is 17.7 Å². The molecular weight excluding hydrogens is 260 g/mol. The lowest BCUT2D eigenvalue weighted by atomic mass is 10.2. The highest BCUT2D eigenvalue weighted by molar-refractivity contribution is 6.60. The van der Waals surface area contributed by atoms with Crippen molar-refractivity contribution in [2.45, 2.75) is 27.7 Å². The van der Waals surface area contributed by atoms with Crippen LogP contribution >= 0.6 is 0 Å². The first kappa shape index (κ1) is 16.2. The molecule has 0 amide bonds. The highest BCUT2D eigenvalue weighted by atomic mass is 28.4. The van der Waals surface area contributed by atoms with Gasteiger partial charge >= 0.3 is 8.80 Å². The average Bonchev–Trinajstić information content (AvgIpc) is 2.39. The predicted octanol–water partition coefficient (Wildman–Crippen LogP) is 2.96. The first-order valence-electron chi connectivity index (χ1n) is 6.77. The zero-order chi connectivity index (χ0) is 14.1. The summed E-state index contributed by atoms with van der Waals surface area (Å²) in [5.41, 5.74) is 1.20. The second-order valence-electron chi connectivity index (χ2n) is 4.08. The van der Waals surface area contributed by atoms with Crippen molar-refractivity contribution in [3.05, 3.63) is 29.8 Å². The highest BCUT2D eigenvalue weighted by Gasteiger charge is 2.42. The number of aryl methyl sites for hydroxylation is 1. The van der Waals surface area contributed by atoms with Crippen LogP contribution in [-0.4, -0.2) is 34.9 Å². The molecule has 0 bridgehead atoms. The second kappa shape index (κ2) is 8.32. The predicted molar refractivity (Wildman–Crippen MR) is 77.3 cm³/mol. The van der Waals surface area contributed by atoms with Gasteiger partial charge < -0.3 is 18.0 Å². The number of rotatable bonds is 9. The molecule has 0 aliphatic heterocycles. The van der Waals surface area contributed by atoms with Gasteiger partial charge in [-0.2, -0.15) is 0 Å². The maximum Gasteiger partial charge on any atom is 0.540 e. The van der Waals surface area contributed by atoms with Crippen molar-refractivity contribution in [3.63, 3.8) is 0 Å². The molecular formula is C14H24O4Si. The largest absolute Gasteiger partial charge is 0.540 e. The number of benzene rings is 1. The van der Waals surface area contributed by atoms with E-state index in [9.17, 15) is 0 Å². The van der Waals surface area contributed by atoms with Gasteiger partial charge in [-0.25, -0.2) is 0 Å². The Hall–Kier alpha value is -0.883. The van der Waals surface area contributed by atoms with E-state index in [0.29, 0.717) is 26.1 Å². The van der Waals surface area contributed by atoms with Crippen LogP contribution in [0.1, 0.15) is 26.3 Å². The standard InChI is InChI=1S/C14H24O4Si/c1-5-16-19(17-6-2,18-7-3)12-15-14-10-8-13(4)9-11-14/h8-11H,5-7,12H2,1-4H3. The summed E-state index contributed by atoms with van der Waals surface area (Å²) >= 11 is 0. The van der Waals surface area contributed by atoms with Crippen molar-refractivity contribution in [1.82, 2.24) is 0 Å². The van der Waals surface area contributed by atoms with Crippen LogP contribution in [0.2, 0.25) is 0 Å². The lowest BCUT2D eigenvalue weighted by Gasteiger charge is -2.28. The van der Waals surface area contributed by atoms with Gasteiger partial charge in [0.15, 0.2) is 6.23 Å². The summed E-state index contributed by atoms with van der Waals surface area (Å²) in [5.74, 6) is 0.807. The molecule has 0 spiro atoms. The highest BCUT2D eigenvalue weighted by Crippen LogP contribution is 2.16. The molecule has 19 heavy (non-hydrogen) atoms. The summed E-state index contributed by atoms with van der Waals surface area (Å²) in [6, 6.07) is 7.91. The minimum atomic E-state index is -2.71. The van der Waals surface area contributed by atoms with Crippen molar-refractivity contribution >= 4 is 8.80 Å². The van der Waals surface area contributed by atoms with E-state index in [0.717, 1.165) is 5.75 Å². The minimum Gasteiger partial charge on any atom is -0.489 e. The van der Waals surface area contributed by atoms with Crippen molar-refractivity contribution in [2.24, 2.45) is 0 Å². The molecule has 0 saturated heterocycles. The smallest absolute Gasteiger partial charge is 0.489 e. The van der Waals surface area contributed by atoms with Crippen LogP contribution in [0.5, 0.6) is 5.75 Å². The van der Waals surface area contributed by atoms with E-state index in [4.69, 9.17) is 18.0 Å². The third-order valence-electron chi connectivity index (χ3n) is 2.53. The van der Waals surface area contributed by atoms with Crippen LogP contribution in [0.15, 0.2) is 24.3 Å². The quantitative estimate of drug-likeness (QED) is 0.653. The Bertz CT molecular complexity index is 336.